The molecular formula is C15H15F3N4O. The van der Waals surface area contributed by atoms with Gasteiger partial charge in [0.2, 0.25) is 5.89 Å². The number of hydrogen-bond acceptors (Lipinski definition) is 4. The van der Waals surface area contributed by atoms with Crippen molar-refractivity contribution in [1.82, 2.24) is 20.3 Å². The minimum Gasteiger partial charge on any atom is -0.339 e. The summed E-state index contributed by atoms with van der Waals surface area (Å²) >= 11 is 0. The molecule has 2 aromatic heterocycles. The van der Waals surface area contributed by atoms with Gasteiger partial charge in [-0.2, -0.15) is 23.3 Å². The second-order valence-electron chi connectivity index (χ2n) is 6.13. The van der Waals surface area contributed by atoms with E-state index in [1.165, 1.54) is 0 Å². The second-order valence-corrected chi connectivity index (χ2v) is 6.13. The Labute approximate surface area is 129 Å². The molecule has 2 heterocycles. The molecule has 8 heteroatoms. The van der Waals surface area contributed by atoms with Gasteiger partial charge in [-0.3, -0.25) is 5.10 Å². The number of alkyl halides is 3. The zero-order chi connectivity index (χ0) is 16.7. The number of aromatic nitrogens is 4. The summed E-state index contributed by atoms with van der Waals surface area (Å²) in [7, 11) is 0. The number of nitrogens with zero attached hydrogens (tertiary/aromatic N) is 3. The molecule has 0 radical (unpaired) electrons. The van der Waals surface area contributed by atoms with Gasteiger partial charge < -0.3 is 4.52 Å². The number of aromatic amines is 1. The summed E-state index contributed by atoms with van der Waals surface area (Å²) in [6.07, 6.45) is -2.58. The van der Waals surface area contributed by atoms with Crippen molar-refractivity contribution in [1.29, 1.82) is 0 Å². The maximum absolute atomic E-state index is 12.9. The number of fused-ring (bicyclic) bond motifs is 1. The lowest BCUT2D eigenvalue weighted by molar-refractivity contribution is -0.212. The van der Waals surface area contributed by atoms with Gasteiger partial charge in [0.05, 0.1) is 17.1 Å². The van der Waals surface area contributed by atoms with Crippen LogP contribution in [0.4, 0.5) is 13.2 Å². The second kappa shape index (κ2) is 5.36. The number of benzene rings is 1. The van der Waals surface area contributed by atoms with Crippen LogP contribution < -0.4 is 0 Å². The zero-order valence-corrected chi connectivity index (χ0v) is 12.6. The number of rotatable bonds is 4. The van der Waals surface area contributed by atoms with E-state index in [9.17, 15) is 13.2 Å². The van der Waals surface area contributed by atoms with Crippen LogP contribution in [0.3, 0.4) is 0 Å². The van der Waals surface area contributed by atoms with Crippen LogP contribution in [-0.2, 0) is 12.8 Å². The van der Waals surface area contributed by atoms with E-state index in [0.29, 0.717) is 12.2 Å². The van der Waals surface area contributed by atoms with Crippen molar-refractivity contribution in [2.75, 3.05) is 0 Å². The zero-order valence-electron chi connectivity index (χ0n) is 12.6. The maximum Gasteiger partial charge on any atom is 0.394 e. The van der Waals surface area contributed by atoms with Gasteiger partial charge in [-0.1, -0.05) is 25.1 Å². The van der Waals surface area contributed by atoms with Crippen molar-refractivity contribution in [2.24, 2.45) is 5.41 Å². The van der Waals surface area contributed by atoms with Crippen LogP contribution in [0.1, 0.15) is 31.1 Å². The summed E-state index contributed by atoms with van der Waals surface area (Å²) < 4.78 is 43.6. The van der Waals surface area contributed by atoms with E-state index in [1.807, 2.05) is 18.2 Å². The van der Waals surface area contributed by atoms with Crippen LogP contribution in [-0.4, -0.2) is 26.5 Å². The lowest BCUT2D eigenvalue weighted by Gasteiger charge is -2.25. The Bertz CT molecular complexity index is 819. The third kappa shape index (κ3) is 3.20. The van der Waals surface area contributed by atoms with Gasteiger partial charge >= 0.3 is 6.18 Å². The normalized spacial score (nSPS) is 12.9. The van der Waals surface area contributed by atoms with Gasteiger partial charge in [-0.05, 0) is 17.7 Å². The fraction of sp³-hybridized carbons (Fsp3) is 0.400. The average molecular weight is 324 g/mol. The Hall–Kier alpha value is -2.38. The molecule has 0 bridgehead atoms. The molecule has 0 aliphatic heterocycles. The number of halogens is 3. The highest BCUT2D eigenvalue weighted by Crippen LogP contribution is 2.39. The van der Waals surface area contributed by atoms with Crippen LogP contribution in [0.15, 0.2) is 28.9 Å². The third-order valence-electron chi connectivity index (χ3n) is 3.74. The van der Waals surface area contributed by atoms with E-state index in [2.05, 4.69) is 20.3 Å². The molecule has 0 unspecified atom stereocenters. The topological polar surface area (TPSA) is 67.6 Å². The minimum absolute atomic E-state index is 0.00767. The Morgan fingerprint density at radius 3 is 2.74 bits per heavy atom. The van der Waals surface area contributed by atoms with Crippen LogP contribution in [0.2, 0.25) is 0 Å². The van der Waals surface area contributed by atoms with Gasteiger partial charge in [0, 0.05) is 18.2 Å². The molecule has 23 heavy (non-hydrogen) atoms. The molecule has 0 spiro atoms. The Balaban J connectivity index is 1.74. The molecule has 0 saturated heterocycles. The van der Waals surface area contributed by atoms with E-state index in [-0.39, 0.29) is 12.3 Å². The third-order valence-corrected chi connectivity index (χ3v) is 3.74. The molecule has 5 nitrogen and oxygen atoms in total. The molecule has 0 fully saturated rings. The lowest BCUT2D eigenvalue weighted by Crippen LogP contribution is -2.34. The van der Waals surface area contributed by atoms with Gasteiger partial charge in [-0.15, -0.1) is 0 Å². The van der Waals surface area contributed by atoms with Crippen LogP contribution in [0.25, 0.3) is 10.9 Å². The van der Waals surface area contributed by atoms with E-state index < -0.39 is 11.6 Å². The highest BCUT2D eigenvalue weighted by Gasteiger charge is 2.48. The first-order chi connectivity index (χ1) is 10.7. The molecule has 3 aromatic rings. The maximum atomic E-state index is 12.9. The summed E-state index contributed by atoms with van der Waals surface area (Å²) in [5.74, 6) is 0.354. The molecule has 0 saturated carbocycles. The predicted octanol–water partition coefficient (Wildman–Crippen LogP) is 3.67. The van der Waals surface area contributed by atoms with Crippen molar-refractivity contribution >= 4 is 10.9 Å². The Morgan fingerprint density at radius 1 is 1.22 bits per heavy atom. The number of nitrogens with one attached hydrogen (secondary N) is 1. The van der Waals surface area contributed by atoms with Crippen LogP contribution in [0.5, 0.6) is 0 Å². The number of hydrogen-bond donors (Lipinski definition) is 1. The van der Waals surface area contributed by atoms with Crippen LogP contribution in [0, 0.1) is 5.41 Å². The summed E-state index contributed by atoms with van der Waals surface area (Å²) in [5, 5.41) is 11.5. The molecule has 0 aliphatic rings. The van der Waals surface area contributed by atoms with E-state index in [4.69, 9.17) is 4.52 Å². The monoisotopic (exact) mass is 324 g/mol. The smallest absolute Gasteiger partial charge is 0.339 e. The van der Waals surface area contributed by atoms with Gasteiger partial charge in [0.15, 0.2) is 5.82 Å². The van der Waals surface area contributed by atoms with Crippen molar-refractivity contribution in [3.63, 3.8) is 0 Å². The average Bonchev–Trinajstić information content (AvgIpc) is 3.06. The fourth-order valence-corrected chi connectivity index (χ4v) is 2.20. The first kappa shape index (κ1) is 15.5. The van der Waals surface area contributed by atoms with Crippen molar-refractivity contribution in [3.8, 4) is 0 Å². The summed E-state index contributed by atoms with van der Waals surface area (Å²) in [6.45, 7) is 2.23. The van der Waals surface area contributed by atoms with Crippen molar-refractivity contribution in [3.05, 3.63) is 41.7 Å². The molecule has 122 valence electrons. The number of H-pyrrole nitrogens is 1. The highest BCUT2D eigenvalue weighted by molar-refractivity contribution is 5.78. The van der Waals surface area contributed by atoms with Crippen LogP contribution >= 0.6 is 0 Å². The van der Waals surface area contributed by atoms with Gasteiger partial charge in [0.25, 0.3) is 0 Å². The predicted molar refractivity (Wildman–Crippen MR) is 76.7 cm³/mol. The first-order valence-electron chi connectivity index (χ1n) is 7.05. The Morgan fingerprint density at radius 2 is 2.00 bits per heavy atom. The molecule has 0 aliphatic carbocycles. The summed E-state index contributed by atoms with van der Waals surface area (Å²) in [5.41, 5.74) is -0.0669. The molecule has 0 atom stereocenters. The molecule has 1 N–H and O–H groups in total. The van der Waals surface area contributed by atoms with E-state index in [0.717, 1.165) is 30.3 Å². The van der Waals surface area contributed by atoms with Crippen molar-refractivity contribution < 1.29 is 17.7 Å². The quantitative estimate of drug-likeness (QED) is 0.795. The largest absolute Gasteiger partial charge is 0.394 e. The van der Waals surface area contributed by atoms with Gasteiger partial charge in [-0.25, -0.2) is 0 Å². The lowest BCUT2D eigenvalue weighted by atomic mass is 9.88. The molecular weight excluding hydrogens is 309 g/mol. The minimum atomic E-state index is -4.33. The van der Waals surface area contributed by atoms with E-state index >= 15 is 0 Å². The van der Waals surface area contributed by atoms with Gasteiger partial charge in [0.1, 0.15) is 0 Å². The van der Waals surface area contributed by atoms with E-state index in [1.54, 1.807) is 6.20 Å². The SMILES string of the molecule is CC(C)(Cc1nc(Cc2ccc3[nH]ncc3c2)no1)C(F)(F)F. The van der Waals surface area contributed by atoms with Crippen molar-refractivity contribution in [2.45, 2.75) is 32.9 Å². The molecule has 3 rings (SSSR count). The summed E-state index contributed by atoms with van der Waals surface area (Å²) in [4.78, 5) is 4.07. The molecule has 1 aromatic carbocycles. The fourth-order valence-electron chi connectivity index (χ4n) is 2.20. The highest BCUT2D eigenvalue weighted by atomic mass is 19.4. The molecule has 0 amide bonds. The Kier molecular flexibility index (Phi) is 3.62. The standard InChI is InChI=1S/C15H15F3N4O/c1-14(2,15(16,17)18)7-13-20-12(22-23-13)6-9-3-4-11-10(5-9)8-19-21-11/h3-5,8H,6-7H2,1-2H3,(H,19,21). The summed E-state index contributed by atoms with van der Waals surface area (Å²) in [6, 6.07) is 5.69. The first-order valence-corrected chi connectivity index (χ1v) is 7.05.